The Balaban J connectivity index is 1.59. The summed E-state index contributed by atoms with van der Waals surface area (Å²) in [5, 5.41) is 2.25. The Bertz CT molecular complexity index is 1350. The molecule has 8 heteroatoms. The molecule has 0 saturated carbocycles. The number of aryl methyl sites for hydroxylation is 2. The molecule has 7 nitrogen and oxygen atoms in total. The van der Waals surface area contributed by atoms with Crippen LogP contribution >= 0.6 is 22.6 Å². The molecule has 0 radical (unpaired) electrons. The van der Waals surface area contributed by atoms with Crippen molar-refractivity contribution in [2.45, 2.75) is 20.5 Å². The number of imide groups is 2. The van der Waals surface area contributed by atoms with Crippen molar-refractivity contribution in [3.8, 4) is 11.5 Å². The Labute approximate surface area is 216 Å². The average molecular weight is 582 g/mol. The Morgan fingerprint density at radius 3 is 2.34 bits per heavy atom. The van der Waals surface area contributed by atoms with Crippen LogP contribution in [0.5, 0.6) is 11.5 Å². The highest BCUT2D eigenvalue weighted by atomic mass is 127. The third kappa shape index (κ3) is 5.37. The van der Waals surface area contributed by atoms with Crippen molar-refractivity contribution < 1.29 is 23.9 Å². The fourth-order valence-electron chi connectivity index (χ4n) is 3.56. The molecular weight excluding hydrogens is 559 g/mol. The van der Waals surface area contributed by atoms with Gasteiger partial charge >= 0.3 is 6.03 Å². The van der Waals surface area contributed by atoms with E-state index in [0.717, 1.165) is 25.2 Å². The van der Waals surface area contributed by atoms with E-state index in [4.69, 9.17) is 9.47 Å². The lowest BCUT2D eigenvalue weighted by atomic mass is 10.0. The molecule has 1 heterocycles. The number of hydrogen-bond acceptors (Lipinski definition) is 5. The number of hydrogen-bond donors (Lipinski definition) is 1. The Morgan fingerprint density at radius 1 is 0.914 bits per heavy atom. The topological polar surface area (TPSA) is 84.9 Å². The molecule has 0 bridgehead atoms. The summed E-state index contributed by atoms with van der Waals surface area (Å²) in [4.78, 5) is 39.1. The summed E-state index contributed by atoms with van der Waals surface area (Å²) in [5.41, 5.74) is 3.76. The lowest BCUT2D eigenvalue weighted by Gasteiger charge is -2.26. The van der Waals surface area contributed by atoms with Crippen molar-refractivity contribution in [2.75, 3.05) is 12.0 Å². The van der Waals surface area contributed by atoms with Crippen LogP contribution in [0.2, 0.25) is 0 Å². The highest BCUT2D eigenvalue weighted by Crippen LogP contribution is 2.31. The predicted octanol–water partition coefficient (Wildman–Crippen LogP) is 5.16. The van der Waals surface area contributed by atoms with Crippen LogP contribution in [0, 0.1) is 17.4 Å². The zero-order chi connectivity index (χ0) is 25.1. The first kappa shape index (κ1) is 24.5. The van der Waals surface area contributed by atoms with E-state index < -0.39 is 17.8 Å². The zero-order valence-corrected chi connectivity index (χ0v) is 21.6. The number of carbonyl (C=O) groups excluding carboxylic acids is 3. The first-order chi connectivity index (χ1) is 16.8. The van der Waals surface area contributed by atoms with E-state index in [-0.39, 0.29) is 5.57 Å². The Morgan fingerprint density at radius 2 is 1.66 bits per heavy atom. The van der Waals surface area contributed by atoms with Crippen molar-refractivity contribution in [2.24, 2.45) is 0 Å². The molecule has 0 atom stereocenters. The molecular formula is C27H23IN2O5. The smallest absolute Gasteiger partial charge is 0.335 e. The molecule has 1 aliphatic heterocycles. The van der Waals surface area contributed by atoms with Crippen molar-refractivity contribution in [1.29, 1.82) is 0 Å². The van der Waals surface area contributed by atoms with Gasteiger partial charge in [0, 0.05) is 3.57 Å². The maximum Gasteiger partial charge on any atom is 0.335 e. The van der Waals surface area contributed by atoms with Gasteiger partial charge in [-0.25, -0.2) is 9.69 Å². The van der Waals surface area contributed by atoms with Gasteiger partial charge in [-0.05, 0) is 101 Å². The van der Waals surface area contributed by atoms with E-state index in [0.29, 0.717) is 29.4 Å². The molecule has 1 saturated heterocycles. The fraction of sp³-hybridized carbons (Fsp3) is 0.148. The van der Waals surface area contributed by atoms with Gasteiger partial charge in [0.15, 0.2) is 11.5 Å². The summed E-state index contributed by atoms with van der Waals surface area (Å²) in [7, 11) is 1.52. The minimum Gasteiger partial charge on any atom is -0.493 e. The fourth-order valence-corrected chi connectivity index (χ4v) is 3.92. The molecule has 3 aromatic carbocycles. The highest BCUT2D eigenvalue weighted by molar-refractivity contribution is 14.1. The number of halogens is 1. The number of rotatable bonds is 6. The van der Waals surface area contributed by atoms with Gasteiger partial charge in [-0.2, -0.15) is 0 Å². The Kier molecular flexibility index (Phi) is 7.20. The molecule has 178 valence electrons. The van der Waals surface area contributed by atoms with Gasteiger partial charge in [-0.3, -0.25) is 14.9 Å². The van der Waals surface area contributed by atoms with E-state index in [1.165, 1.54) is 13.2 Å². The minimum atomic E-state index is -0.780. The van der Waals surface area contributed by atoms with E-state index in [1.807, 2.05) is 44.2 Å². The Hall–Kier alpha value is -3.66. The molecule has 1 N–H and O–H groups in total. The molecule has 0 aromatic heterocycles. The predicted molar refractivity (Wildman–Crippen MR) is 141 cm³/mol. The van der Waals surface area contributed by atoms with Gasteiger partial charge in [-0.1, -0.05) is 24.3 Å². The summed E-state index contributed by atoms with van der Waals surface area (Å²) in [6, 6.07) is 17.6. The van der Waals surface area contributed by atoms with E-state index >= 15 is 0 Å². The van der Waals surface area contributed by atoms with Crippen molar-refractivity contribution >= 4 is 52.2 Å². The molecule has 4 amide bonds. The lowest BCUT2D eigenvalue weighted by molar-refractivity contribution is -0.122. The number of carbonyl (C=O) groups is 3. The van der Waals surface area contributed by atoms with E-state index in [1.54, 1.807) is 30.3 Å². The number of anilines is 1. The van der Waals surface area contributed by atoms with Crippen molar-refractivity contribution in [3.05, 3.63) is 92.1 Å². The maximum absolute atomic E-state index is 13.2. The van der Waals surface area contributed by atoms with Crippen LogP contribution in [-0.2, 0) is 16.2 Å². The standard InChI is InChI=1S/C27H23IN2O5/c1-16-4-10-21(12-17(16)2)30-26(32)22(25(31)29-27(30)33)13-19-7-11-23(24(14-19)34-3)35-15-18-5-8-20(28)9-6-18/h4-14H,15H2,1-3H3,(H,29,31,33)/b22-13+. The highest BCUT2D eigenvalue weighted by Gasteiger charge is 2.36. The third-order valence-electron chi connectivity index (χ3n) is 5.66. The molecule has 4 rings (SSSR count). The summed E-state index contributed by atoms with van der Waals surface area (Å²) in [6.07, 6.45) is 1.43. The zero-order valence-electron chi connectivity index (χ0n) is 19.4. The quantitative estimate of drug-likeness (QED) is 0.247. The van der Waals surface area contributed by atoms with Crippen LogP contribution in [-0.4, -0.2) is 25.0 Å². The summed E-state index contributed by atoms with van der Waals surface area (Å²) in [6.45, 7) is 4.19. The number of urea groups is 1. The number of barbiturate groups is 1. The summed E-state index contributed by atoms with van der Waals surface area (Å²) < 4.78 is 12.5. The second-order valence-corrected chi connectivity index (χ2v) is 9.30. The van der Waals surface area contributed by atoms with Gasteiger partial charge < -0.3 is 9.47 Å². The maximum atomic E-state index is 13.2. The normalized spacial score (nSPS) is 14.8. The molecule has 1 aliphatic rings. The van der Waals surface area contributed by atoms with E-state index in [9.17, 15) is 14.4 Å². The molecule has 1 fully saturated rings. The van der Waals surface area contributed by atoms with E-state index in [2.05, 4.69) is 27.9 Å². The van der Waals surface area contributed by atoms with Crippen LogP contribution in [0.25, 0.3) is 6.08 Å². The van der Waals surface area contributed by atoms with Gasteiger partial charge in [-0.15, -0.1) is 0 Å². The van der Waals surface area contributed by atoms with Crippen LogP contribution in [0.1, 0.15) is 22.3 Å². The molecule has 0 aliphatic carbocycles. The van der Waals surface area contributed by atoms with Gasteiger partial charge in [0.2, 0.25) is 0 Å². The summed E-state index contributed by atoms with van der Waals surface area (Å²) >= 11 is 2.24. The van der Waals surface area contributed by atoms with Crippen molar-refractivity contribution in [3.63, 3.8) is 0 Å². The number of methoxy groups -OCH3 is 1. The second-order valence-electron chi connectivity index (χ2n) is 8.05. The number of nitrogens with zero attached hydrogens (tertiary/aromatic N) is 1. The SMILES string of the molecule is COc1cc(/C=C2\C(=O)NC(=O)N(c3ccc(C)c(C)c3)C2=O)ccc1OCc1ccc(I)cc1. The molecule has 0 spiro atoms. The van der Waals surface area contributed by atoms with Gasteiger partial charge in [0.25, 0.3) is 11.8 Å². The molecule has 35 heavy (non-hydrogen) atoms. The molecule has 0 unspecified atom stereocenters. The summed E-state index contributed by atoms with van der Waals surface area (Å²) in [5.74, 6) is -0.465. The van der Waals surface area contributed by atoms with Crippen LogP contribution in [0.4, 0.5) is 10.5 Å². The van der Waals surface area contributed by atoms with Gasteiger partial charge in [0.05, 0.1) is 12.8 Å². The van der Waals surface area contributed by atoms with Crippen LogP contribution in [0.3, 0.4) is 0 Å². The number of ether oxygens (including phenoxy) is 2. The van der Waals surface area contributed by atoms with Crippen molar-refractivity contribution in [1.82, 2.24) is 5.32 Å². The minimum absolute atomic E-state index is 0.155. The monoisotopic (exact) mass is 582 g/mol. The van der Waals surface area contributed by atoms with Gasteiger partial charge in [0.1, 0.15) is 12.2 Å². The first-order valence-corrected chi connectivity index (χ1v) is 11.9. The number of benzene rings is 3. The largest absolute Gasteiger partial charge is 0.493 e. The first-order valence-electron chi connectivity index (χ1n) is 10.8. The lowest BCUT2D eigenvalue weighted by Crippen LogP contribution is -2.54. The number of amides is 4. The van der Waals surface area contributed by atoms with Crippen LogP contribution in [0.15, 0.2) is 66.2 Å². The van der Waals surface area contributed by atoms with Crippen LogP contribution < -0.4 is 19.7 Å². The molecule has 3 aromatic rings. The third-order valence-corrected chi connectivity index (χ3v) is 6.38. The second kappa shape index (κ2) is 10.3. The average Bonchev–Trinajstić information content (AvgIpc) is 2.83. The number of nitrogens with one attached hydrogen (secondary N) is 1.